The van der Waals surface area contributed by atoms with Crippen molar-refractivity contribution < 1.29 is 0 Å². The lowest BCUT2D eigenvalue weighted by atomic mass is 10.1. The van der Waals surface area contributed by atoms with Gasteiger partial charge in [-0.1, -0.05) is 24.3 Å². The highest BCUT2D eigenvalue weighted by Crippen LogP contribution is 2.25. The molecule has 0 atom stereocenters. The Morgan fingerprint density at radius 1 is 0.562 bits per heavy atom. The molecule has 2 heterocycles. The largest absolute Gasteiger partial charge is 0.383 e. The summed E-state index contributed by atoms with van der Waals surface area (Å²) >= 11 is 0. The fourth-order valence-electron chi connectivity index (χ4n) is 4.06. The van der Waals surface area contributed by atoms with Crippen LogP contribution in [-0.4, -0.2) is 49.2 Å². The second-order valence-electron chi connectivity index (χ2n) is 8.01. The fourth-order valence-corrected chi connectivity index (χ4v) is 4.06. The van der Waals surface area contributed by atoms with Crippen molar-refractivity contribution in [2.75, 3.05) is 49.9 Å². The third kappa shape index (κ3) is 5.33. The van der Waals surface area contributed by atoms with Crippen molar-refractivity contribution in [3.05, 3.63) is 72.1 Å². The Kier molecular flexibility index (Phi) is 7.48. The molecule has 0 saturated heterocycles. The molecule has 0 aliphatic heterocycles. The quantitative estimate of drug-likeness (QED) is 0.270. The standard InChI is InChI=1S/C26H32N6/c1-19-5-3-7-21-25(19)23(9-11-29-21)31-17-15-27-13-14-28-16-18-32-24-10-12-30-22-8-4-6-20(2)26(22)24/h3-12,27-28H,13-18H2,1-2H3,(H,29,31)(H,30,32). The number of aromatic nitrogens is 2. The number of hydrogen-bond donors (Lipinski definition) is 4. The fraction of sp³-hybridized carbons (Fsp3) is 0.308. The molecule has 0 saturated carbocycles. The Morgan fingerprint density at radius 2 is 1.00 bits per heavy atom. The van der Waals surface area contributed by atoms with Crippen LogP contribution in [0, 0.1) is 13.8 Å². The summed E-state index contributed by atoms with van der Waals surface area (Å²) in [6.07, 6.45) is 3.73. The van der Waals surface area contributed by atoms with E-state index in [2.05, 4.69) is 93.6 Å². The minimum atomic E-state index is 0.878. The molecule has 32 heavy (non-hydrogen) atoms. The van der Waals surface area contributed by atoms with Gasteiger partial charge >= 0.3 is 0 Å². The van der Waals surface area contributed by atoms with Crippen LogP contribution in [0.4, 0.5) is 11.4 Å². The van der Waals surface area contributed by atoms with E-state index in [4.69, 9.17) is 0 Å². The van der Waals surface area contributed by atoms with E-state index in [1.807, 2.05) is 12.4 Å². The van der Waals surface area contributed by atoms with Gasteiger partial charge < -0.3 is 21.3 Å². The van der Waals surface area contributed by atoms with Crippen LogP contribution in [0.15, 0.2) is 60.9 Å². The number of hydrogen-bond acceptors (Lipinski definition) is 6. The Bertz CT molecular complexity index is 1070. The lowest BCUT2D eigenvalue weighted by Crippen LogP contribution is -2.32. The van der Waals surface area contributed by atoms with Crippen molar-refractivity contribution >= 4 is 33.2 Å². The predicted molar refractivity (Wildman–Crippen MR) is 136 cm³/mol. The van der Waals surface area contributed by atoms with Gasteiger partial charge in [-0.2, -0.15) is 0 Å². The first-order valence-corrected chi connectivity index (χ1v) is 11.3. The van der Waals surface area contributed by atoms with Gasteiger partial charge in [0.2, 0.25) is 0 Å². The Hall–Kier alpha value is -3.22. The molecule has 0 aliphatic carbocycles. The number of benzene rings is 2. The van der Waals surface area contributed by atoms with Crippen molar-refractivity contribution in [2.45, 2.75) is 13.8 Å². The van der Waals surface area contributed by atoms with Gasteiger partial charge in [0.05, 0.1) is 11.0 Å². The third-order valence-electron chi connectivity index (χ3n) is 5.66. The topological polar surface area (TPSA) is 73.9 Å². The zero-order valence-electron chi connectivity index (χ0n) is 18.9. The van der Waals surface area contributed by atoms with Gasteiger partial charge in [0.25, 0.3) is 0 Å². The minimum absolute atomic E-state index is 0.878. The highest BCUT2D eigenvalue weighted by molar-refractivity contribution is 5.94. The van der Waals surface area contributed by atoms with Gasteiger partial charge in [-0.25, -0.2) is 0 Å². The predicted octanol–water partition coefficient (Wildman–Crippen LogP) is 4.10. The smallest absolute Gasteiger partial charge is 0.0725 e. The van der Waals surface area contributed by atoms with Crippen LogP contribution in [-0.2, 0) is 0 Å². The van der Waals surface area contributed by atoms with Gasteiger partial charge in [0.1, 0.15) is 0 Å². The number of fused-ring (bicyclic) bond motifs is 2. The first kappa shape index (κ1) is 22.0. The molecule has 0 amide bonds. The first-order chi connectivity index (χ1) is 15.7. The van der Waals surface area contributed by atoms with Gasteiger partial charge in [-0.3, -0.25) is 9.97 Å². The Labute approximate surface area is 189 Å². The zero-order chi connectivity index (χ0) is 22.2. The summed E-state index contributed by atoms with van der Waals surface area (Å²) < 4.78 is 0. The molecule has 0 bridgehead atoms. The molecular formula is C26H32N6. The van der Waals surface area contributed by atoms with Crippen LogP contribution in [0.3, 0.4) is 0 Å². The maximum absolute atomic E-state index is 4.46. The van der Waals surface area contributed by atoms with Gasteiger partial charge in [0, 0.05) is 73.8 Å². The van der Waals surface area contributed by atoms with E-state index in [0.29, 0.717) is 0 Å². The monoisotopic (exact) mass is 428 g/mol. The average molecular weight is 429 g/mol. The molecule has 0 fully saturated rings. The highest BCUT2D eigenvalue weighted by atomic mass is 15.0. The first-order valence-electron chi connectivity index (χ1n) is 11.3. The lowest BCUT2D eigenvalue weighted by molar-refractivity contribution is 0.627. The van der Waals surface area contributed by atoms with Crippen LogP contribution in [0.2, 0.25) is 0 Å². The summed E-state index contributed by atoms with van der Waals surface area (Å²) in [4.78, 5) is 8.92. The van der Waals surface area contributed by atoms with Crippen LogP contribution in [0.5, 0.6) is 0 Å². The molecule has 4 aromatic rings. The number of aryl methyl sites for hydroxylation is 2. The zero-order valence-corrected chi connectivity index (χ0v) is 18.9. The van der Waals surface area contributed by atoms with E-state index in [-0.39, 0.29) is 0 Å². The molecule has 2 aromatic carbocycles. The molecule has 4 N–H and O–H groups in total. The summed E-state index contributed by atoms with van der Waals surface area (Å²) in [7, 11) is 0. The molecule has 4 rings (SSSR count). The lowest BCUT2D eigenvalue weighted by Gasteiger charge is -2.13. The number of nitrogens with one attached hydrogen (secondary N) is 4. The summed E-state index contributed by atoms with van der Waals surface area (Å²) in [5.74, 6) is 0. The van der Waals surface area contributed by atoms with Gasteiger partial charge in [-0.15, -0.1) is 0 Å². The molecule has 6 nitrogen and oxygen atoms in total. The van der Waals surface area contributed by atoms with Gasteiger partial charge in [-0.05, 0) is 49.2 Å². The van der Waals surface area contributed by atoms with Crippen molar-refractivity contribution in [1.29, 1.82) is 0 Å². The maximum Gasteiger partial charge on any atom is 0.0725 e. The summed E-state index contributed by atoms with van der Waals surface area (Å²) in [5.41, 5.74) is 6.87. The average Bonchev–Trinajstić information content (AvgIpc) is 2.80. The molecule has 0 spiro atoms. The number of pyridine rings is 2. The molecule has 166 valence electrons. The van der Waals surface area contributed by atoms with E-state index in [1.54, 1.807) is 0 Å². The van der Waals surface area contributed by atoms with E-state index in [9.17, 15) is 0 Å². The molecule has 2 aromatic heterocycles. The minimum Gasteiger partial charge on any atom is -0.383 e. The second-order valence-corrected chi connectivity index (χ2v) is 8.01. The number of nitrogens with zero attached hydrogens (tertiary/aromatic N) is 2. The van der Waals surface area contributed by atoms with Crippen molar-refractivity contribution in [3.63, 3.8) is 0 Å². The van der Waals surface area contributed by atoms with E-state index in [0.717, 1.165) is 61.7 Å². The number of rotatable bonds is 11. The van der Waals surface area contributed by atoms with Crippen molar-refractivity contribution in [1.82, 2.24) is 20.6 Å². The number of anilines is 2. The van der Waals surface area contributed by atoms with E-state index >= 15 is 0 Å². The molecule has 6 heteroatoms. The van der Waals surface area contributed by atoms with E-state index < -0.39 is 0 Å². The molecular weight excluding hydrogens is 396 g/mol. The van der Waals surface area contributed by atoms with Crippen LogP contribution < -0.4 is 21.3 Å². The normalized spacial score (nSPS) is 11.2. The summed E-state index contributed by atoms with van der Waals surface area (Å²) in [6, 6.07) is 16.6. The third-order valence-corrected chi connectivity index (χ3v) is 5.66. The van der Waals surface area contributed by atoms with Crippen molar-refractivity contribution in [3.8, 4) is 0 Å². The van der Waals surface area contributed by atoms with Crippen LogP contribution >= 0.6 is 0 Å². The molecule has 0 aliphatic rings. The van der Waals surface area contributed by atoms with E-state index in [1.165, 1.54) is 21.9 Å². The molecule has 0 unspecified atom stereocenters. The Balaban J connectivity index is 1.12. The molecule has 0 radical (unpaired) electrons. The Morgan fingerprint density at radius 3 is 1.47 bits per heavy atom. The van der Waals surface area contributed by atoms with Crippen molar-refractivity contribution in [2.24, 2.45) is 0 Å². The summed E-state index contributed by atoms with van der Waals surface area (Å²) in [5, 5.41) is 16.5. The maximum atomic E-state index is 4.46. The SMILES string of the molecule is Cc1cccc2nccc(NCCNCCNCCNc3ccnc4cccc(C)c34)c12. The van der Waals surface area contributed by atoms with Gasteiger partial charge in [0.15, 0.2) is 0 Å². The summed E-state index contributed by atoms with van der Waals surface area (Å²) in [6.45, 7) is 9.73. The van der Waals surface area contributed by atoms with Crippen LogP contribution in [0.1, 0.15) is 11.1 Å². The second kappa shape index (κ2) is 10.9. The highest BCUT2D eigenvalue weighted by Gasteiger charge is 2.05. The van der Waals surface area contributed by atoms with Crippen LogP contribution in [0.25, 0.3) is 21.8 Å².